The molecule has 0 aliphatic carbocycles. The van der Waals surface area contributed by atoms with E-state index in [0.717, 1.165) is 27.7 Å². The van der Waals surface area contributed by atoms with Gasteiger partial charge in [-0.15, -0.1) is 0 Å². The van der Waals surface area contributed by atoms with Crippen LogP contribution in [-0.2, 0) is 42.9 Å². The van der Waals surface area contributed by atoms with Gasteiger partial charge in [-0.2, -0.15) is 0 Å². The molecule has 192 valence electrons. The van der Waals surface area contributed by atoms with Crippen LogP contribution in [-0.4, -0.2) is 74.3 Å². The van der Waals surface area contributed by atoms with E-state index in [-0.39, 0.29) is 0 Å². The lowest BCUT2D eigenvalue weighted by molar-refractivity contribution is -0.270. The zero-order valence-corrected chi connectivity index (χ0v) is 19.9. The topological polar surface area (TPSA) is 165 Å². The van der Waals surface area contributed by atoms with Crippen molar-refractivity contribution in [3.8, 4) is 5.75 Å². The van der Waals surface area contributed by atoms with Gasteiger partial charge in [-0.3, -0.25) is 19.2 Å². The minimum absolute atomic E-state index is 0.400. The molecule has 0 unspecified atom stereocenters. The van der Waals surface area contributed by atoms with Gasteiger partial charge in [-0.25, -0.2) is 4.79 Å². The lowest BCUT2D eigenvalue weighted by Gasteiger charge is -2.44. The summed E-state index contributed by atoms with van der Waals surface area (Å²) in [4.78, 5) is 59.5. The second-order valence-corrected chi connectivity index (χ2v) is 7.46. The van der Waals surface area contributed by atoms with Gasteiger partial charge in [-0.1, -0.05) is 0 Å². The number of urea groups is 1. The standard InChI is InChI=1S/C22H28N2O11/c1-11(25)31-10-17-19(32-12(2)26)20(33-13(3)27)18(21(35-17)34-14(4)28)24-22(29)23-15-6-8-16(30-5)9-7-15/h6-9,17-21H,10H2,1-5H3,(H2,23,24,29)/t17-,18-,19-,20-,21-/m1/s1. The van der Waals surface area contributed by atoms with Crippen LogP contribution in [0.25, 0.3) is 0 Å². The number of carbonyl (C=O) groups excluding carboxylic acids is 5. The molecule has 1 aliphatic rings. The molecule has 1 fully saturated rings. The Labute approximate surface area is 201 Å². The maximum Gasteiger partial charge on any atom is 0.319 e. The molecule has 0 saturated carbocycles. The first-order valence-electron chi connectivity index (χ1n) is 10.5. The van der Waals surface area contributed by atoms with Crippen molar-refractivity contribution in [2.75, 3.05) is 19.0 Å². The Hall–Kier alpha value is -3.87. The summed E-state index contributed by atoms with van der Waals surface area (Å²) < 4.78 is 31.6. The number of hydrogen-bond acceptors (Lipinski definition) is 11. The van der Waals surface area contributed by atoms with Crippen molar-refractivity contribution >= 4 is 35.6 Å². The number of nitrogens with one attached hydrogen (secondary N) is 2. The molecule has 1 aliphatic heterocycles. The summed E-state index contributed by atoms with van der Waals surface area (Å²) in [7, 11) is 1.50. The number of hydrogen-bond donors (Lipinski definition) is 2. The fraction of sp³-hybridized carbons (Fsp3) is 0.500. The van der Waals surface area contributed by atoms with Crippen LogP contribution in [0.4, 0.5) is 10.5 Å². The van der Waals surface area contributed by atoms with Gasteiger partial charge in [0.1, 0.15) is 24.5 Å². The molecule has 1 aromatic rings. The second kappa shape index (κ2) is 12.6. The highest BCUT2D eigenvalue weighted by molar-refractivity contribution is 5.89. The summed E-state index contributed by atoms with van der Waals surface area (Å²) in [6.45, 7) is 4.08. The van der Waals surface area contributed by atoms with Gasteiger partial charge in [0.2, 0.25) is 6.29 Å². The molecule has 1 aromatic carbocycles. The second-order valence-electron chi connectivity index (χ2n) is 7.46. The lowest BCUT2D eigenvalue weighted by atomic mass is 9.96. The zero-order valence-electron chi connectivity index (χ0n) is 19.9. The molecule has 2 amide bonds. The molecule has 13 nitrogen and oxygen atoms in total. The van der Waals surface area contributed by atoms with E-state index < -0.39 is 67.2 Å². The number of methoxy groups -OCH3 is 1. The average Bonchev–Trinajstić information content (AvgIpc) is 2.76. The summed E-state index contributed by atoms with van der Waals surface area (Å²) in [5.74, 6) is -2.37. The molecular weight excluding hydrogens is 468 g/mol. The Bertz CT molecular complexity index is 934. The van der Waals surface area contributed by atoms with Gasteiger partial charge in [-0.05, 0) is 24.3 Å². The highest BCUT2D eigenvalue weighted by Crippen LogP contribution is 2.28. The molecule has 0 bridgehead atoms. The average molecular weight is 496 g/mol. The number of esters is 4. The summed E-state index contributed by atoms with van der Waals surface area (Å²) >= 11 is 0. The van der Waals surface area contributed by atoms with Crippen molar-refractivity contribution in [2.45, 2.75) is 58.3 Å². The third kappa shape index (κ3) is 8.45. The third-order valence-corrected chi connectivity index (χ3v) is 4.63. The van der Waals surface area contributed by atoms with E-state index >= 15 is 0 Å². The molecule has 1 saturated heterocycles. The number of rotatable bonds is 8. The predicted molar refractivity (Wildman–Crippen MR) is 117 cm³/mol. The van der Waals surface area contributed by atoms with E-state index in [1.54, 1.807) is 24.3 Å². The maximum atomic E-state index is 12.8. The van der Waals surface area contributed by atoms with Crippen molar-refractivity contribution in [1.82, 2.24) is 5.32 Å². The van der Waals surface area contributed by atoms with E-state index in [0.29, 0.717) is 11.4 Å². The minimum atomic E-state index is -1.48. The Morgan fingerprint density at radius 3 is 1.91 bits per heavy atom. The van der Waals surface area contributed by atoms with Crippen LogP contribution in [0.5, 0.6) is 5.75 Å². The van der Waals surface area contributed by atoms with Gasteiger partial charge in [0.05, 0.1) is 7.11 Å². The van der Waals surface area contributed by atoms with Crippen molar-refractivity contribution < 1.29 is 52.4 Å². The highest BCUT2D eigenvalue weighted by atomic mass is 16.7. The number of anilines is 1. The lowest BCUT2D eigenvalue weighted by Crippen LogP contribution is -2.67. The van der Waals surface area contributed by atoms with Crippen LogP contribution >= 0.6 is 0 Å². The Kier molecular flexibility index (Phi) is 9.82. The maximum absolute atomic E-state index is 12.8. The monoisotopic (exact) mass is 496 g/mol. The van der Waals surface area contributed by atoms with Crippen LogP contribution < -0.4 is 15.4 Å². The van der Waals surface area contributed by atoms with Crippen LogP contribution in [0.2, 0.25) is 0 Å². The highest BCUT2D eigenvalue weighted by Gasteiger charge is 2.52. The quantitative estimate of drug-likeness (QED) is 0.388. The molecule has 35 heavy (non-hydrogen) atoms. The molecule has 0 aromatic heterocycles. The van der Waals surface area contributed by atoms with Crippen LogP contribution in [0.3, 0.4) is 0 Å². The molecule has 5 atom stereocenters. The molecule has 1 heterocycles. The first-order valence-corrected chi connectivity index (χ1v) is 10.5. The van der Waals surface area contributed by atoms with E-state index in [2.05, 4.69) is 10.6 Å². The molecule has 0 radical (unpaired) electrons. The molecule has 2 rings (SSSR count). The molecular formula is C22H28N2O11. The summed E-state index contributed by atoms with van der Waals surface area (Å²) in [5.41, 5.74) is 0.400. The number of ether oxygens (including phenoxy) is 6. The minimum Gasteiger partial charge on any atom is -0.497 e. The smallest absolute Gasteiger partial charge is 0.319 e. The third-order valence-electron chi connectivity index (χ3n) is 4.63. The fourth-order valence-electron chi connectivity index (χ4n) is 3.31. The van der Waals surface area contributed by atoms with Gasteiger partial charge >= 0.3 is 29.9 Å². The van der Waals surface area contributed by atoms with E-state index in [4.69, 9.17) is 28.4 Å². The largest absolute Gasteiger partial charge is 0.497 e. The van der Waals surface area contributed by atoms with Gasteiger partial charge in [0.15, 0.2) is 12.2 Å². The van der Waals surface area contributed by atoms with E-state index in [9.17, 15) is 24.0 Å². The number of benzene rings is 1. The van der Waals surface area contributed by atoms with Crippen molar-refractivity contribution in [3.05, 3.63) is 24.3 Å². The van der Waals surface area contributed by atoms with Crippen LogP contribution in [0.15, 0.2) is 24.3 Å². The Balaban J connectivity index is 2.35. The van der Waals surface area contributed by atoms with Gasteiger partial charge < -0.3 is 39.1 Å². The molecule has 13 heteroatoms. The van der Waals surface area contributed by atoms with Gasteiger partial charge in [0, 0.05) is 33.4 Å². The SMILES string of the molecule is COc1ccc(NC(=O)N[C@H]2[C@H](OC(C)=O)O[C@H](COC(C)=O)[C@@H](OC(C)=O)[C@@H]2OC(C)=O)cc1. The first kappa shape index (κ1) is 27.4. The van der Waals surface area contributed by atoms with Crippen LogP contribution in [0, 0.1) is 0 Å². The summed E-state index contributed by atoms with van der Waals surface area (Å²) in [6.07, 6.45) is -5.34. The Morgan fingerprint density at radius 2 is 1.40 bits per heavy atom. The fourth-order valence-corrected chi connectivity index (χ4v) is 3.31. The normalized spacial score (nSPS) is 23.3. The van der Waals surface area contributed by atoms with Gasteiger partial charge in [0.25, 0.3) is 0 Å². The summed E-state index contributed by atoms with van der Waals surface area (Å²) in [5, 5.41) is 5.11. The predicted octanol–water partition coefficient (Wildman–Crippen LogP) is 0.900. The van der Waals surface area contributed by atoms with E-state index in [1.165, 1.54) is 7.11 Å². The molecule has 0 spiro atoms. The van der Waals surface area contributed by atoms with Crippen LogP contribution in [0.1, 0.15) is 27.7 Å². The summed E-state index contributed by atoms with van der Waals surface area (Å²) in [6, 6.07) is 4.34. The number of amides is 2. The first-order chi connectivity index (χ1) is 16.5. The van der Waals surface area contributed by atoms with E-state index in [1.807, 2.05) is 0 Å². The van der Waals surface area contributed by atoms with Crippen molar-refractivity contribution in [1.29, 1.82) is 0 Å². The van der Waals surface area contributed by atoms with Crippen molar-refractivity contribution in [3.63, 3.8) is 0 Å². The molecule has 2 N–H and O–H groups in total. The number of carbonyl (C=O) groups is 5. The zero-order chi connectivity index (χ0) is 26.1. The van der Waals surface area contributed by atoms with Crippen molar-refractivity contribution in [2.24, 2.45) is 0 Å². The Morgan fingerprint density at radius 1 is 0.829 bits per heavy atom.